The summed E-state index contributed by atoms with van der Waals surface area (Å²) in [5.74, 6) is 0.592. The monoisotopic (exact) mass is 341 g/mol. The highest BCUT2D eigenvalue weighted by atomic mass is 32.1. The Kier molecular flexibility index (Phi) is 5.46. The second kappa shape index (κ2) is 7.95. The van der Waals surface area contributed by atoms with Crippen LogP contribution in [0.15, 0.2) is 64.2 Å². The van der Waals surface area contributed by atoms with Crippen molar-refractivity contribution < 1.29 is 9.84 Å². The van der Waals surface area contributed by atoms with Crippen LogP contribution in [-0.4, -0.2) is 9.67 Å². The molecular formula is C19H19NO3S. The van der Waals surface area contributed by atoms with E-state index in [1.165, 1.54) is 6.07 Å². The van der Waals surface area contributed by atoms with Crippen LogP contribution in [0.1, 0.15) is 16.7 Å². The Labute approximate surface area is 144 Å². The highest BCUT2D eigenvalue weighted by molar-refractivity contribution is 7.07. The number of aliphatic hydroxyl groups is 1. The molecule has 0 aliphatic rings. The zero-order chi connectivity index (χ0) is 16.8. The molecule has 0 amide bonds. The van der Waals surface area contributed by atoms with E-state index in [0.717, 1.165) is 23.1 Å². The lowest BCUT2D eigenvalue weighted by atomic mass is 10.1. The molecule has 0 unspecified atom stereocenters. The minimum Gasteiger partial charge on any atom is -0.489 e. The number of thiophene rings is 1. The highest BCUT2D eigenvalue weighted by Gasteiger charge is 2.02. The van der Waals surface area contributed by atoms with Crippen LogP contribution in [0.25, 0.3) is 0 Å². The quantitative estimate of drug-likeness (QED) is 0.718. The maximum absolute atomic E-state index is 12.2. The van der Waals surface area contributed by atoms with E-state index < -0.39 is 0 Å². The lowest BCUT2D eigenvalue weighted by molar-refractivity contribution is 0.282. The largest absolute Gasteiger partial charge is 0.489 e. The summed E-state index contributed by atoms with van der Waals surface area (Å²) in [6.07, 6.45) is 2.54. The highest BCUT2D eigenvalue weighted by Crippen LogP contribution is 2.12. The van der Waals surface area contributed by atoms with Gasteiger partial charge in [0, 0.05) is 18.8 Å². The van der Waals surface area contributed by atoms with Crippen molar-refractivity contribution in [1.29, 1.82) is 0 Å². The lowest BCUT2D eigenvalue weighted by Crippen LogP contribution is -2.19. The van der Waals surface area contributed by atoms with Gasteiger partial charge in [-0.1, -0.05) is 24.3 Å². The van der Waals surface area contributed by atoms with E-state index >= 15 is 0 Å². The maximum atomic E-state index is 12.2. The molecule has 1 N–H and O–H groups in total. The minimum atomic E-state index is -0.0650. The van der Waals surface area contributed by atoms with Crippen LogP contribution in [0.3, 0.4) is 0 Å². The van der Waals surface area contributed by atoms with Gasteiger partial charge < -0.3 is 14.4 Å². The van der Waals surface area contributed by atoms with Gasteiger partial charge in [0.15, 0.2) is 0 Å². The van der Waals surface area contributed by atoms with E-state index in [1.54, 1.807) is 22.1 Å². The number of ether oxygens (including phenoxy) is 1. The molecule has 0 atom stereocenters. The lowest BCUT2D eigenvalue weighted by Gasteiger charge is -2.09. The van der Waals surface area contributed by atoms with Crippen molar-refractivity contribution in [3.05, 3.63) is 86.5 Å². The van der Waals surface area contributed by atoms with Crippen molar-refractivity contribution in [1.82, 2.24) is 4.57 Å². The minimum absolute atomic E-state index is 0.0482. The molecule has 24 heavy (non-hydrogen) atoms. The van der Waals surface area contributed by atoms with Gasteiger partial charge in [-0.3, -0.25) is 4.79 Å². The van der Waals surface area contributed by atoms with Crippen molar-refractivity contribution in [2.24, 2.45) is 0 Å². The van der Waals surface area contributed by atoms with Gasteiger partial charge in [-0.05, 0) is 46.0 Å². The third-order valence-corrected chi connectivity index (χ3v) is 4.53. The summed E-state index contributed by atoms with van der Waals surface area (Å²) in [4.78, 5) is 12.2. The number of aromatic nitrogens is 1. The maximum Gasteiger partial charge on any atom is 0.254 e. The Hall–Kier alpha value is -2.37. The van der Waals surface area contributed by atoms with Gasteiger partial charge in [-0.25, -0.2) is 0 Å². The summed E-state index contributed by atoms with van der Waals surface area (Å²) in [6, 6.07) is 13.1. The first kappa shape index (κ1) is 16.5. The normalized spacial score (nSPS) is 10.7. The number of rotatable bonds is 7. The van der Waals surface area contributed by atoms with Crippen molar-refractivity contribution in [3.63, 3.8) is 0 Å². The molecule has 4 nitrogen and oxygen atoms in total. The van der Waals surface area contributed by atoms with E-state index in [2.05, 4.69) is 0 Å². The average molecular weight is 341 g/mol. The molecule has 2 heterocycles. The molecule has 0 saturated heterocycles. The molecule has 0 spiro atoms. The van der Waals surface area contributed by atoms with Crippen molar-refractivity contribution in [3.8, 4) is 5.75 Å². The van der Waals surface area contributed by atoms with E-state index in [4.69, 9.17) is 9.84 Å². The number of hydrogen-bond donors (Lipinski definition) is 1. The molecule has 0 fully saturated rings. The summed E-state index contributed by atoms with van der Waals surface area (Å²) in [5.41, 5.74) is 3.07. The van der Waals surface area contributed by atoms with Gasteiger partial charge in [0.05, 0.1) is 6.61 Å². The number of benzene rings is 1. The van der Waals surface area contributed by atoms with Crippen LogP contribution in [0.2, 0.25) is 0 Å². The molecule has 0 aliphatic carbocycles. The van der Waals surface area contributed by atoms with E-state index in [-0.39, 0.29) is 12.2 Å². The molecule has 0 saturated carbocycles. The second-order valence-electron chi connectivity index (χ2n) is 5.54. The average Bonchev–Trinajstić information content (AvgIpc) is 3.13. The zero-order valence-electron chi connectivity index (χ0n) is 13.2. The molecule has 3 rings (SSSR count). The fourth-order valence-electron chi connectivity index (χ4n) is 2.37. The third kappa shape index (κ3) is 4.34. The van der Waals surface area contributed by atoms with Crippen molar-refractivity contribution in [2.45, 2.75) is 26.2 Å². The van der Waals surface area contributed by atoms with Gasteiger partial charge >= 0.3 is 0 Å². The summed E-state index contributed by atoms with van der Waals surface area (Å²) >= 11 is 1.63. The molecule has 1 aromatic carbocycles. The van der Waals surface area contributed by atoms with Crippen LogP contribution in [-0.2, 0) is 26.2 Å². The Morgan fingerprint density at radius 3 is 2.50 bits per heavy atom. The predicted molar refractivity (Wildman–Crippen MR) is 95.4 cm³/mol. The van der Waals surface area contributed by atoms with Crippen molar-refractivity contribution in [2.75, 3.05) is 0 Å². The zero-order valence-corrected chi connectivity index (χ0v) is 14.0. The molecule has 124 valence electrons. The summed E-state index contributed by atoms with van der Waals surface area (Å²) in [5, 5.41) is 13.1. The van der Waals surface area contributed by atoms with Crippen LogP contribution in [0.5, 0.6) is 5.75 Å². The number of hydrogen-bond acceptors (Lipinski definition) is 4. The summed E-state index contributed by atoms with van der Waals surface area (Å²) in [6.45, 7) is 1.14. The predicted octanol–water partition coefficient (Wildman–Crippen LogP) is 3.22. The van der Waals surface area contributed by atoms with Gasteiger partial charge in [0.1, 0.15) is 12.4 Å². The Morgan fingerprint density at radius 1 is 1.04 bits per heavy atom. The van der Waals surface area contributed by atoms with Crippen LogP contribution >= 0.6 is 11.3 Å². The molecule has 3 aromatic rings. The first-order chi connectivity index (χ1) is 11.7. The van der Waals surface area contributed by atoms with Crippen molar-refractivity contribution >= 4 is 11.3 Å². The van der Waals surface area contributed by atoms with E-state index in [0.29, 0.717) is 18.9 Å². The van der Waals surface area contributed by atoms with E-state index in [9.17, 15) is 4.79 Å². The topological polar surface area (TPSA) is 51.5 Å². The Morgan fingerprint density at radius 2 is 1.83 bits per heavy atom. The molecule has 0 radical (unpaired) electrons. The number of nitrogens with zero attached hydrogens (tertiary/aromatic N) is 1. The van der Waals surface area contributed by atoms with Crippen LogP contribution in [0, 0.1) is 0 Å². The van der Waals surface area contributed by atoms with Gasteiger partial charge in [0.25, 0.3) is 5.56 Å². The molecular weight excluding hydrogens is 322 g/mol. The number of pyridine rings is 1. The fourth-order valence-corrected chi connectivity index (χ4v) is 3.02. The number of aryl methyl sites for hydroxylation is 2. The number of aliphatic hydroxyl groups excluding tert-OH is 1. The summed E-state index contributed by atoms with van der Waals surface area (Å²) < 4.78 is 7.32. The summed E-state index contributed by atoms with van der Waals surface area (Å²) in [7, 11) is 0. The molecule has 5 heteroatoms. The van der Waals surface area contributed by atoms with Gasteiger partial charge in [-0.2, -0.15) is 11.3 Å². The van der Waals surface area contributed by atoms with Gasteiger partial charge in [-0.15, -0.1) is 0 Å². The Balaban J connectivity index is 1.58. The van der Waals surface area contributed by atoms with E-state index in [1.807, 2.05) is 47.2 Å². The molecule has 0 aliphatic heterocycles. The van der Waals surface area contributed by atoms with Crippen LogP contribution < -0.4 is 10.3 Å². The standard InChI is InChI=1S/C19H19NO3S/c21-12-16-3-1-15(2-4-16)5-8-20-9-6-18(11-19(20)22)23-13-17-7-10-24-14-17/h1-4,6-7,9-11,14,21H,5,8,12-13H2. The van der Waals surface area contributed by atoms with Crippen LogP contribution in [0.4, 0.5) is 0 Å². The second-order valence-corrected chi connectivity index (χ2v) is 6.32. The fraction of sp³-hybridized carbons (Fsp3) is 0.211. The molecule has 2 aromatic heterocycles. The van der Waals surface area contributed by atoms with Gasteiger partial charge in [0.2, 0.25) is 0 Å². The third-order valence-electron chi connectivity index (χ3n) is 3.80. The first-order valence-electron chi connectivity index (χ1n) is 7.77. The SMILES string of the molecule is O=c1cc(OCc2ccsc2)ccn1CCc1ccc(CO)cc1. The molecule has 0 bridgehead atoms. The Bertz CT molecular complexity index is 823. The smallest absolute Gasteiger partial charge is 0.254 e. The first-order valence-corrected chi connectivity index (χ1v) is 8.72.